The van der Waals surface area contributed by atoms with E-state index < -0.39 is 0 Å². The van der Waals surface area contributed by atoms with Crippen molar-refractivity contribution in [2.24, 2.45) is 5.92 Å². The summed E-state index contributed by atoms with van der Waals surface area (Å²) in [7, 11) is 0. The summed E-state index contributed by atoms with van der Waals surface area (Å²) in [5, 5.41) is 14.8. The second kappa shape index (κ2) is 7.60. The van der Waals surface area contributed by atoms with Crippen LogP contribution >= 0.6 is 0 Å². The zero-order valence-electron chi connectivity index (χ0n) is 9.87. The minimum Gasteiger partial charge on any atom is -0.396 e. The lowest BCUT2D eigenvalue weighted by Crippen LogP contribution is -2.48. The number of carbonyl (C=O) groups excluding carboxylic acids is 1. The zero-order chi connectivity index (χ0) is 11.8. The highest BCUT2D eigenvalue weighted by molar-refractivity contribution is 5.81. The monoisotopic (exact) mass is 230 g/mol. The van der Waals surface area contributed by atoms with Crippen molar-refractivity contribution in [3.63, 3.8) is 0 Å². The zero-order valence-corrected chi connectivity index (χ0v) is 9.87. The maximum absolute atomic E-state index is 11.7. The molecule has 2 unspecified atom stereocenters. The largest absolute Gasteiger partial charge is 0.396 e. The lowest BCUT2D eigenvalue weighted by Gasteiger charge is -2.23. The summed E-state index contributed by atoms with van der Waals surface area (Å²) < 4.78 is 5.34. The molecule has 0 radical (unpaired) electrons. The first-order valence-electron chi connectivity index (χ1n) is 5.98. The van der Waals surface area contributed by atoms with Crippen molar-refractivity contribution in [2.45, 2.75) is 25.9 Å². The van der Waals surface area contributed by atoms with Crippen LogP contribution in [0.3, 0.4) is 0 Å². The van der Waals surface area contributed by atoms with E-state index in [1.807, 2.05) is 0 Å². The molecule has 1 fully saturated rings. The van der Waals surface area contributed by atoms with Gasteiger partial charge in [-0.05, 0) is 12.3 Å². The predicted molar refractivity (Wildman–Crippen MR) is 61.1 cm³/mol. The van der Waals surface area contributed by atoms with Crippen LogP contribution in [-0.2, 0) is 9.53 Å². The van der Waals surface area contributed by atoms with E-state index in [0.717, 1.165) is 19.4 Å². The molecule has 0 saturated carbocycles. The molecule has 1 aliphatic rings. The number of rotatable bonds is 6. The van der Waals surface area contributed by atoms with E-state index in [0.29, 0.717) is 25.6 Å². The van der Waals surface area contributed by atoms with Crippen LogP contribution in [0.5, 0.6) is 0 Å². The number of carbonyl (C=O) groups is 1. The van der Waals surface area contributed by atoms with Gasteiger partial charge in [0.1, 0.15) is 6.10 Å². The van der Waals surface area contributed by atoms with Crippen molar-refractivity contribution in [1.82, 2.24) is 10.6 Å². The van der Waals surface area contributed by atoms with Gasteiger partial charge in [-0.3, -0.25) is 4.79 Å². The number of hydrogen-bond donors (Lipinski definition) is 3. The smallest absolute Gasteiger partial charge is 0.250 e. The topological polar surface area (TPSA) is 70.6 Å². The van der Waals surface area contributed by atoms with Gasteiger partial charge in [-0.2, -0.15) is 0 Å². The fraction of sp³-hybridized carbons (Fsp3) is 0.909. The molecule has 5 heteroatoms. The van der Waals surface area contributed by atoms with Crippen LogP contribution < -0.4 is 10.6 Å². The van der Waals surface area contributed by atoms with Crippen molar-refractivity contribution >= 4 is 5.91 Å². The molecule has 1 saturated heterocycles. The second-order valence-electron chi connectivity index (χ2n) is 4.10. The van der Waals surface area contributed by atoms with Crippen LogP contribution in [-0.4, -0.2) is 50.0 Å². The molecule has 94 valence electrons. The summed E-state index contributed by atoms with van der Waals surface area (Å²) in [4.78, 5) is 11.7. The molecule has 2 atom stereocenters. The number of hydrogen-bond acceptors (Lipinski definition) is 4. The van der Waals surface area contributed by atoms with E-state index in [1.54, 1.807) is 0 Å². The van der Waals surface area contributed by atoms with Gasteiger partial charge in [0.25, 0.3) is 0 Å². The molecule has 1 rings (SSSR count). The molecule has 1 amide bonds. The number of aliphatic hydroxyl groups is 1. The molecule has 0 aromatic carbocycles. The molecule has 1 aliphatic heterocycles. The highest BCUT2D eigenvalue weighted by Gasteiger charge is 2.21. The number of morpholine rings is 1. The minimum absolute atomic E-state index is 0.0522. The molecule has 0 bridgehead atoms. The summed E-state index contributed by atoms with van der Waals surface area (Å²) in [5.41, 5.74) is 0. The predicted octanol–water partition coefficient (Wildman–Crippen LogP) is -0.500. The van der Waals surface area contributed by atoms with Crippen LogP contribution in [0.2, 0.25) is 0 Å². The molecule has 1 heterocycles. The number of nitrogens with one attached hydrogen (secondary N) is 2. The minimum atomic E-state index is -0.361. The molecule has 0 spiro atoms. The molecule has 5 nitrogen and oxygen atoms in total. The van der Waals surface area contributed by atoms with Crippen molar-refractivity contribution in [3.8, 4) is 0 Å². The normalized spacial score (nSPS) is 22.8. The molecule has 0 aromatic heterocycles. The van der Waals surface area contributed by atoms with Crippen LogP contribution in [0.1, 0.15) is 19.8 Å². The molecular weight excluding hydrogens is 208 g/mol. The number of ether oxygens (including phenoxy) is 1. The summed E-state index contributed by atoms with van der Waals surface area (Å²) in [6.45, 7) is 4.84. The molecular formula is C11H22N2O3. The van der Waals surface area contributed by atoms with Gasteiger partial charge in [-0.25, -0.2) is 0 Å². The summed E-state index contributed by atoms with van der Waals surface area (Å²) >= 11 is 0. The van der Waals surface area contributed by atoms with Crippen LogP contribution in [0.4, 0.5) is 0 Å². The van der Waals surface area contributed by atoms with Gasteiger partial charge < -0.3 is 20.5 Å². The van der Waals surface area contributed by atoms with Gasteiger partial charge in [0.05, 0.1) is 6.61 Å². The van der Waals surface area contributed by atoms with Gasteiger partial charge in [0, 0.05) is 26.2 Å². The van der Waals surface area contributed by atoms with Gasteiger partial charge in [-0.15, -0.1) is 0 Å². The average Bonchev–Trinajstić information content (AvgIpc) is 2.35. The maximum Gasteiger partial charge on any atom is 0.250 e. The Bertz CT molecular complexity index is 205. The highest BCUT2D eigenvalue weighted by atomic mass is 16.5. The van der Waals surface area contributed by atoms with E-state index >= 15 is 0 Å². The summed E-state index contributed by atoms with van der Waals surface area (Å²) in [6, 6.07) is 0. The third-order valence-electron chi connectivity index (χ3n) is 2.90. The van der Waals surface area contributed by atoms with Crippen molar-refractivity contribution in [2.75, 3.05) is 32.8 Å². The Labute approximate surface area is 96.6 Å². The third kappa shape index (κ3) is 4.47. The van der Waals surface area contributed by atoms with Crippen LogP contribution in [0.15, 0.2) is 0 Å². The quantitative estimate of drug-likeness (QED) is 0.575. The maximum atomic E-state index is 11.7. The van der Waals surface area contributed by atoms with Gasteiger partial charge in [0.2, 0.25) is 5.91 Å². The van der Waals surface area contributed by atoms with Crippen molar-refractivity contribution in [3.05, 3.63) is 0 Å². The second-order valence-corrected chi connectivity index (χ2v) is 4.10. The Morgan fingerprint density at radius 3 is 3.06 bits per heavy atom. The van der Waals surface area contributed by atoms with E-state index in [-0.39, 0.29) is 18.6 Å². The van der Waals surface area contributed by atoms with E-state index in [1.165, 1.54) is 0 Å². The Balaban J connectivity index is 2.22. The Morgan fingerprint density at radius 1 is 1.69 bits per heavy atom. The van der Waals surface area contributed by atoms with Crippen molar-refractivity contribution in [1.29, 1.82) is 0 Å². The molecule has 0 aliphatic carbocycles. The SMILES string of the molecule is CCC(CCO)CNC(=O)C1CNCCO1. The standard InChI is InChI=1S/C11H22N2O3/c1-2-9(3-5-14)7-13-11(15)10-8-12-4-6-16-10/h9-10,12,14H,2-8H2,1H3,(H,13,15). The molecule has 3 N–H and O–H groups in total. The Hall–Kier alpha value is -0.650. The first-order valence-corrected chi connectivity index (χ1v) is 5.98. The lowest BCUT2D eigenvalue weighted by atomic mass is 10.0. The van der Waals surface area contributed by atoms with Crippen molar-refractivity contribution < 1.29 is 14.6 Å². The number of amides is 1. The third-order valence-corrected chi connectivity index (χ3v) is 2.90. The Kier molecular flexibility index (Phi) is 6.37. The van der Waals surface area contributed by atoms with E-state index in [9.17, 15) is 4.79 Å². The fourth-order valence-corrected chi connectivity index (χ4v) is 1.73. The summed E-state index contributed by atoms with van der Waals surface area (Å²) in [5.74, 6) is 0.300. The van der Waals surface area contributed by atoms with Gasteiger partial charge in [0.15, 0.2) is 0 Å². The highest BCUT2D eigenvalue weighted by Crippen LogP contribution is 2.06. The number of aliphatic hydroxyl groups excluding tert-OH is 1. The first kappa shape index (κ1) is 13.4. The first-order chi connectivity index (χ1) is 7.77. The lowest BCUT2D eigenvalue weighted by molar-refractivity contribution is -0.134. The van der Waals surface area contributed by atoms with Gasteiger partial charge >= 0.3 is 0 Å². The average molecular weight is 230 g/mol. The molecule has 16 heavy (non-hydrogen) atoms. The van der Waals surface area contributed by atoms with E-state index in [4.69, 9.17) is 9.84 Å². The Morgan fingerprint density at radius 2 is 2.50 bits per heavy atom. The van der Waals surface area contributed by atoms with E-state index in [2.05, 4.69) is 17.6 Å². The van der Waals surface area contributed by atoms with Crippen LogP contribution in [0, 0.1) is 5.92 Å². The van der Waals surface area contributed by atoms with Crippen LogP contribution in [0.25, 0.3) is 0 Å². The van der Waals surface area contributed by atoms with Gasteiger partial charge in [-0.1, -0.05) is 13.3 Å². The summed E-state index contributed by atoms with van der Waals surface area (Å²) in [6.07, 6.45) is 1.34. The molecule has 0 aromatic rings. The fourth-order valence-electron chi connectivity index (χ4n) is 1.73.